The second-order valence-electron chi connectivity index (χ2n) is 7.64. The van der Waals surface area contributed by atoms with Crippen molar-refractivity contribution in [3.63, 3.8) is 0 Å². The molecule has 2 rings (SSSR count). The highest BCUT2D eigenvalue weighted by atomic mass is 19.4. The SMILES string of the molecule is CCNC(=NCC1CC(=O)N(CCc2ccccc2)C1)NCCN(C)CC(F)(F)F. The van der Waals surface area contributed by atoms with E-state index in [-0.39, 0.29) is 18.4 Å². The van der Waals surface area contributed by atoms with Crippen LogP contribution in [0.25, 0.3) is 0 Å². The van der Waals surface area contributed by atoms with Gasteiger partial charge in [0.15, 0.2) is 5.96 Å². The summed E-state index contributed by atoms with van der Waals surface area (Å²) in [7, 11) is 1.44. The van der Waals surface area contributed by atoms with Crippen LogP contribution in [-0.2, 0) is 11.2 Å². The minimum Gasteiger partial charge on any atom is -0.357 e. The largest absolute Gasteiger partial charge is 0.401 e. The Morgan fingerprint density at radius 3 is 2.67 bits per heavy atom. The molecule has 1 heterocycles. The second kappa shape index (κ2) is 11.8. The molecule has 2 N–H and O–H groups in total. The van der Waals surface area contributed by atoms with Crippen LogP contribution in [-0.4, -0.2) is 80.7 Å². The highest BCUT2D eigenvalue weighted by molar-refractivity contribution is 5.80. The summed E-state index contributed by atoms with van der Waals surface area (Å²) in [5, 5.41) is 6.16. The molecule has 1 unspecified atom stereocenters. The van der Waals surface area contributed by atoms with E-state index in [1.54, 1.807) is 0 Å². The van der Waals surface area contributed by atoms with E-state index in [1.165, 1.54) is 17.5 Å². The molecular formula is C21H32F3N5O. The van der Waals surface area contributed by atoms with E-state index in [9.17, 15) is 18.0 Å². The number of rotatable bonds is 10. The van der Waals surface area contributed by atoms with Gasteiger partial charge >= 0.3 is 6.18 Å². The van der Waals surface area contributed by atoms with Crippen molar-refractivity contribution >= 4 is 11.9 Å². The molecule has 0 aliphatic carbocycles. The van der Waals surface area contributed by atoms with E-state index in [0.29, 0.717) is 45.1 Å². The molecule has 1 amide bonds. The van der Waals surface area contributed by atoms with Crippen molar-refractivity contribution in [2.45, 2.75) is 25.9 Å². The van der Waals surface area contributed by atoms with Crippen molar-refractivity contribution in [3.05, 3.63) is 35.9 Å². The molecule has 1 aliphatic heterocycles. The minimum atomic E-state index is -4.20. The van der Waals surface area contributed by atoms with Crippen LogP contribution in [0.2, 0.25) is 0 Å². The average molecular weight is 428 g/mol. The van der Waals surface area contributed by atoms with Gasteiger partial charge in [-0.25, -0.2) is 0 Å². The lowest BCUT2D eigenvalue weighted by Crippen LogP contribution is -2.42. The fraction of sp³-hybridized carbons (Fsp3) is 0.619. The lowest BCUT2D eigenvalue weighted by molar-refractivity contribution is -0.142. The van der Waals surface area contributed by atoms with Crippen molar-refractivity contribution in [1.82, 2.24) is 20.4 Å². The van der Waals surface area contributed by atoms with Gasteiger partial charge in [-0.2, -0.15) is 13.2 Å². The number of nitrogens with one attached hydrogen (secondary N) is 2. The fourth-order valence-corrected chi connectivity index (χ4v) is 3.41. The molecule has 1 aromatic carbocycles. The highest BCUT2D eigenvalue weighted by Gasteiger charge is 2.29. The normalized spacial score (nSPS) is 17.7. The predicted molar refractivity (Wildman–Crippen MR) is 112 cm³/mol. The van der Waals surface area contributed by atoms with Crippen molar-refractivity contribution < 1.29 is 18.0 Å². The van der Waals surface area contributed by atoms with Gasteiger partial charge in [-0.05, 0) is 26.0 Å². The van der Waals surface area contributed by atoms with Gasteiger partial charge in [-0.15, -0.1) is 0 Å². The monoisotopic (exact) mass is 427 g/mol. The zero-order valence-corrected chi connectivity index (χ0v) is 17.7. The molecule has 1 aliphatic rings. The van der Waals surface area contributed by atoms with Crippen LogP contribution in [0.15, 0.2) is 35.3 Å². The zero-order chi connectivity index (χ0) is 22.0. The maximum atomic E-state index is 12.4. The smallest absolute Gasteiger partial charge is 0.357 e. The van der Waals surface area contributed by atoms with E-state index in [4.69, 9.17) is 0 Å². The van der Waals surface area contributed by atoms with Crippen LogP contribution < -0.4 is 10.6 Å². The van der Waals surface area contributed by atoms with Crippen LogP contribution in [0.4, 0.5) is 13.2 Å². The van der Waals surface area contributed by atoms with Crippen LogP contribution in [0.3, 0.4) is 0 Å². The number of hydrogen-bond acceptors (Lipinski definition) is 3. The number of benzene rings is 1. The Labute approximate surface area is 176 Å². The Balaban J connectivity index is 1.76. The van der Waals surface area contributed by atoms with Crippen molar-refractivity contribution in [1.29, 1.82) is 0 Å². The molecule has 0 saturated carbocycles. The number of hydrogen-bond donors (Lipinski definition) is 2. The van der Waals surface area contributed by atoms with Crippen LogP contribution in [0.5, 0.6) is 0 Å². The van der Waals surface area contributed by atoms with Gasteiger partial charge in [0.1, 0.15) is 0 Å². The molecule has 0 spiro atoms. The van der Waals surface area contributed by atoms with Crippen LogP contribution >= 0.6 is 0 Å². The van der Waals surface area contributed by atoms with Gasteiger partial charge in [-0.1, -0.05) is 30.3 Å². The van der Waals surface area contributed by atoms with E-state index < -0.39 is 12.7 Å². The summed E-state index contributed by atoms with van der Waals surface area (Å²) < 4.78 is 37.2. The summed E-state index contributed by atoms with van der Waals surface area (Å²) >= 11 is 0. The molecule has 30 heavy (non-hydrogen) atoms. The molecule has 1 atom stereocenters. The Morgan fingerprint density at radius 1 is 1.27 bits per heavy atom. The van der Waals surface area contributed by atoms with E-state index in [0.717, 1.165) is 6.42 Å². The molecule has 1 fully saturated rings. The molecule has 168 valence electrons. The third-order valence-electron chi connectivity index (χ3n) is 4.89. The van der Waals surface area contributed by atoms with Crippen molar-refractivity contribution in [2.24, 2.45) is 10.9 Å². The number of carbonyl (C=O) groups is 1. The number of guanidine groups is 1. The summed E-state index contributed by atoms with van der Waals surface area (Å²) in [5.74, 6) is 0.864. The summed E-state index contributed by atoms with van der Waals surface area (Å²) in [5.41, 5.74) is 1.21. The van der Waals surface area contributed by atoms with Crippen LogP contribution in [0.1, 0.15) is 18.9 Å². The summed E-state index contributed by atoms with van der Waals surface area (Å²) in [4.78, 5) is 19.9. The topological polar surface area (TPSA) is 60.0 Å². The molecule has 0 aromatic heterocycles. The lowest BCUT2D eigenvalue weighted by atomic mass is 10.1. The first-order chi connectivity index (χ1) is 14.3. The second-order valence-corrected chi connectivity index (χ2v) is 7.64. The maximum Gasteiger partial charge on any atom is 0.401 e. The molecule has 0 bridgehead atoms. The van der Waals surface area contributed by atoms with E-state index in [1.807, 2.05) is 30.0 Å². The molecule has 0 radical (unpaired) electrons. The Hall–Kier alpha value is -2.29. The van der Waals surface area contributed by atoms with Crippen LogP contribution in [0, 0.1) is 5.92 Å². The minimum absolute atomic E-state index is 0.150. The summed E-state index contributed by atoms with van der Waals surface area (Å²) in [6.07, 6.45) is -2.89. The molecule has 6 nitrogen and oxygen atoms in total. The van der Waals surface area contributed by atoms with E-state index in [2.05, 4.69) is 27.8 Å². The van der Waals surface area contributed by atoms with Gasteiger partial charge in [0, 0.05) is 51.6 Å². The Bertz CT molecular complexity index is 681. The van der Waals surface area contributed by atoms with Crippen molar-refractivity contribution in [3.8, 4) is 0 Å². The standard InChI is InChI=1S/C21H32F3N5O/c1-3-25-20(26-10-12-28(2)16-21(22,23)24)27-14-18-13-19(30)29(15-18)11-9-17-7-5-4-6-8-17/h4-8,18H,3,9-16H2,1-2H3,(H2,25,26,27). The average Bonchev–Trinajstić information content (AvgIpc) is 3.03. The van der Waals surface area contributed by atoms with Gasteiger partial charge < -0.3 is 15.5 Å². The first-order valence-corrected chi connectivity index (χ1v) is 10.4. The number of nitrogens with zero attached hydrogens (tertiary/aromatic N) is 3. The number of likely N-dealkylation sites (N-methyl/N-ethyl adjacent to an activating group) is 1. The number of likely N-dealkylation sites (tertiary alicyclic amines) is 1. The number of halogens is 3. The molecule has 9 heteroatoms. The Kier molecular flexibility index (Phi) is 9.42. The third kappa shape index (κ3) is 9.02. The van der Waals surface area contributed by atoms with E-state index >= 15 is 0 Å². The number of alkyl halides is 3. The number of aliphatic imine (C=N–C) groups is 1. The van der Waals surface area contributed by atoms with Gasteiger partial charge in [0.25, 0.3) is 0 Å². The lowest BCUT2D eigenvalue weighted by Gasteiger charge is -2.19. The Morgan fingerprint density at radius 2 is 2.00 bits per heavy atom. The highest BCUT2D eigenvalue weighted by Crippen LogP contribution is 2.18. The molecule has 1 saturated heterocycles. The summed E-state index contributed by atoms with van der Waals surface area (Å²) in [6, 6.07) is 10.1. The quantitative estimate of drug-likeness (QED) is 0.444. The first-order valence-electron chi connectivity index (χ1n) is 10.4. The first kappa shape index (κ1) is 24.0. The third-order valence-corrected chi connectivity index (χ3v) is 4.89. The zero-order valence-electron chi connectivity index (χ0n) is 17.7. The van der Waals surface area contributed by atoms with Gasteiger partial charge in [0.05, 0.1) is 6.54 Å². The summed E-state index contributed by atoms with van der Waals surface area (Å²) in [6.45, 7) is 4.13. The molecule has 1 aromatic rings. The van der Waals surface area contributed by atoms with Crippen molar-refractivity contribution in [2.75, 3.05) is 52.9 Å². The molecular weight excluding hydrogens is 395 g/mol. The predicted octanol–water partition coefficient (Wildman–Crippen LogP) is 2.13. The van der Waals surface area contributed by atoms with Gasteiger partial charge in [-0.3, -0.25) is 14.7 Å². The number of amides is 1. The van der Waals surface area contributed by atoms with Gasteiger partial charge in [0.2, 0.25) is 5.91 Å². The number of carbonyl (C=O) groups excluding carboxylic acids is 1. The fourth-order valence-electron chi connectivity index (χ4n) is 3.41. The maximum absolute atomic E-state index is 12.4.